The fraction of sp³-hybridized carbons (Fsp3) is 0.571. The molecule has 158 valence electrons. The molecule has 1 fully saturated rings. The number of hydrogen-bond donors (Lipinski definition) is 3. The lowest BCUT2D eigenvalue weighted by Crippen LogP contribution is -2.35. The Hall–Kier alpha value is -2.77. The smallest absolute Gasteiger partial charge is 0.291 e. The van der Waals surface area contributed by atoms with Gasteiger partial charge >= 0.3 is 0 Å². The molecular weight excluding hydrogens is 370 g/mol. The summed E-state index contributed by atoms with van der Waals surface area (Å²) in [6.45, 7) is 12.5. The second-order valence-electron chi connectivity index (χ2n) is 10.1. The Morgan fingerprint density at radius 2 is 1.90 bits per heavy atom. The topological polar surface area (TPSA) is 115 Å². The summed E-state index contributed by atoms with van der Waals surface area (Å²) >= 11 is 0. The molecule has 0 atom stereocenters. The normalized spacial score (nSPS) is 15.4. The third kappa shape index (κ3) is 4.46. The van der Waals surface area contributed by atoms with E-state index < -0.39 is 11.5 Å². The molecule has 2 heterocycles. The van der Waals surface area contributed by atoms with E-state index in [2.05, 4.69) is 10.4 Å². The van der Waals surface area contributed by atoms with Crippen LogP contribution in [0.2, 0.25) is 0 Å². The van der Waals surface area contributed by atoms with Crippen molar-refractivity contribution in [3.63, 3.8) is 0 Å². The van der Waals surface area contributed by atoms with Gasteiger partial charge in [-0.25, -0.2) is 0 Å². The first kappa shape index (κ1) is 21.0. The predicted octanol–water partition coefficient (Wildman–Crippen LogP) is 2.78. The van der Waals surface area contributed by atoms with E-state index >= 15 is 0 Å². The van der Waals surface area contributed by atoms with Gasteiger partial charge in [-0.1, -0.05) is 53.7 Å². The molecule has 1 aliphatic carbocycles. The molecule has 1 amide bonds. The summed E-state index contributed by atoms with van der Waals surface area (Å²) in [5, 5.41) is 18.0. The fourth-order valence-corrected chi connectivity index (χ4v) is 3.08. The molecule has 3 rings (SSSR count). The predicted molar refractivity (Wildman–Crippen MR) is 114 cm³/mol. The number of rotatable bonds is 4. The number of amides is 1. The highest BCUT2D eigenvalue weighted by Gasteiger charge is 2.31. The average Bonchev–Trinajstić information content (AvgIpc) is 3.29. The fourth-order valence-electron chi connectivity index (χ4n) is 3.08. The lowest BCUT2D eigenvalue weighted by Gasteiger charge is -2.23. The maximum atomic E-state index is 13.1. The highest BCUT2D eigenvalue weighted by Crippen LogP contribution is 2.30. The van der Waals surface area contributed by atoms with Crippen molar-refractivity contribution in [3.05, 3.63) is 27.6 Å². The van der Waals surface area contributed by atoms with E-state index in [9.17, 15) is 14.7 Å². The van der Waals surface area contributed by atoms with Crippen LogP contribution in [0.5, 0.6) is 5.88 Å². The van der Waals surface area contributed by atoms with Crippen LogP contribution in [0.3, 0.4) is 0 Å². The number of aromatic nitrogens is 3. The van der Waals surface area contributed by atoms with Crippen molar-refractivity contribution in [2.45, 2.75) is 67.0 Å². The van der Waals surface area contributed by atoms with Crippen molar-refractivity contribution in [1.82, 2.24) is 19.5 Å². The molecule has 0 spiro atoms. The number of anilines is 1. The third-order valence-corrected chi connectivity index (χ3v) is 4.59. The summed E-state index contributed by atoms with van der Waals surface area (Å²) in [7, 11) is 0. The first-order valence-electron chi connectivity index (χ1n) is 9.92. The van der Waals surface area contributed by atoms with Gasteiger partial charge < -0.3 is 16.2 Å². The molecule has 0 bridgehead atoms. The zero-order chi connectivity index (χ0) is 21.7. The SMILES string of the molecule is CC(C)(C)/C=C/c1c(N)nn2c(=O)c(C(=O)NC3CC3)c(O)n(CC(C)(C)C)c12. The van der Waals surface area contributed by atoms with Gasteiger partial charge in [-0.15, -0.1) is 5.10 Å². The van der Waals surface area contributed by atoms with Gasteiger partial charge in [0.15, 0.2) is 17.0 Å². The molecule has 29 heavy (non-hydrogen) atoms. The minimum absolute atomic E-state index is 0.0565. The van der Waals surface area contributed by atoms with Crippen LogP contribution in [0, 0.1) is 10.8 Å². The number of carbonyl (C=O) groups is 1. The van der Waals surface area contributed by atoms with Crippen molar-refractivity contribution >= 4 is 23.4 Å². The summed E-state index contributed by atoms with van der Waals surface area (Å²) in [4.78, 5) is 25.7. The third-order valence-electron chi connectivity index (χ3n) is 4.59. The number of fused-ring (bicyclic) bond motifs is 1. The maximum Gasteiger partial charge on any atom is 0.291 e. The number of hydrogen-bond acceptors (Lipinski definition) is 5. The van der Waals surface area contributed by atoms with Crippen LogP contribution in [0.15, 0.2) is 10.9 Å². The number of nitrogens with zero attached hydrogens (tertiary/aromatic N) is 3. The van der Waals surface area contributed by atoms with E-state index in [1.54, 1.807) is 4.57 Å². The summed E-state index contributed by atoms with van der Waals surface area (Å²) in [5.74, 6) is -0.772. The molecule has 0 unspecified atom stereocenters. The monoisotopic (exact) mass is 401 g/mol. The standard InChI is InChI=1S/C21H31N5O3/c1-20(2,3)10-9-13-15(22)24-26-17(13)25(11-21(4,5)6)18(28)14(19(26)29)16(27)23-12-7-8-12/h9-10,12,28H,7-8,11H2,1-6H3,(H2,22,24)(H,23,27)/b10-9+. The van der Waals surface area contributed by atoms with Gasteiger partial charge in [0.2, 0.25) is 5.88 Å². The van der Waals surface area contributed by atoms with Crippen molar-refractivity contribution in [1.29, 1.82) is 0 Å². The summed E-state index contributed by atoms with van der Waals surface area (Å²) in [5.41, 5.74) is 5.73. The van der Waals surface area contributed by atoms with Crippen LogP contribution in [-0.2, 0) is 6.54 Å². The van der Waals surface area contributed by atoms with Crippen LogP contribution in [-0.4, -0.2) is 31.2 Å². The Morgan fingerprint density at radius 3 is 2.41 bits per heavy atom. The van der Waals surface area contributed by atoms with Gasteiger partial charge in [0.1, 0.15) is 0 Å². The van der Waals surface area contributed by atoms with E-state index in [4.69, 9.17) is 5.73 Å². The molecule has 1 aliphatic rings. The zero-order valence-corrected chi connectivity index (χ0v) is 18.0. The van der Waals surface area contributed by atoms with Crippen LogP contribution >= 0.6 is 0 Å². The molecule has 4 N–H and O–H groups in total. The second-order valence-corrected chi connectivity index (χ2v) is 10.1. The molecule has 0 aromatic carbocycles. The van der Waals surface area contributed by atoms with Gasteiger partial charge in [0.25, 0.3) is 11.5 Å². The molecule has 1 saturated carbocycles. The van der Waals surface area contributed by atoms with E-state index in [1.807, 2.05) is 53.7 Å². The molecule has 0 radical (unpaired) electrons. The number of carbonyl (C=O) groups excluding carboxylic acids is 1. The first-order chi connectivity index (χ1) is 13.3. The van der Waals surface area contributed by atoms with Crippen LogP contribution in [0.4, 0.5) is 5.82 Å². The quantitative estimate of drug-likeness (QED) is 0.729. The minimum Gasteiger partial charge on any atom is -0.494 e. The summed E-state index contributed by atoms with van der Waals surface area (Å²) in [6.07, 6.45) is 5.54. The van der Waals surface area contributed by atoms with Crippen molar-refractivity contribution in [2.75, 3.05) is 5.73 Å². The van der Waals surface area contributed by atoms with Gasteiger partial charge in [-0.2, -0.15) is 4.52 Å². The minimum atomic E-state index is -0.678. The summed E-state index contributed by atoms with van der Waals surface area (Å²) < 4.78 is 2.69. The van der Waals surface area contributed by atoms with Gasteiger partial charge in [-0.05, 0) is 23.7 Å². The largest absolute Gasteiger partial charge is 0.494 e. The molecule has 0 aliphatic heterocycles. The highest BCUT2D eigenvalue weighted by atomic mass is 16.3. The Kier molecular flexibility index (Phi) is 5.01. The van der Waals surface area contributed by atoms with E-state index in [0.29, 0.717) is 17.8 Å². The van der Waals surface area contributed by atoms with Gasteiger partial charge in [-0.3, -0.25) is 14.2 Å². The number of nitrogens with one attached hydrogen (secondary N) is 1. The lowest BCUT2D eigenvalue weighted by molar-refractivity contribution is 0.0944. The number of nitrogens with two attached hydrogens (primary N) is 1. The lowest BCUT2D eigenvalue weighted by atomic mass is 9.95. The van der Waals surface area contributed by atoms with E-state index in [0.717, 1.165) is 17.4 Å². The Bertz CT molecular complexity index is 1040. The van der Waals surface area contributed by atoms with Gasteiger partial charge in [0.05, 0.1) is 5.56 Å². The van der Waals surface area contributed by atoms with Crippen molar-refractivity contribution < 1.29 is 9.90 Å². The molecule has 2 aromatic heterocycles. The van der Waals surface area contributed by atoms with Crippen molar-refractivity contribution in [2.24, 2.45) is 10.8 Å². The highest BCUT2D eigenvalue weighted by molar-refractivity contribution is 5.97. The molecular formula is C21H31N5O3. The second kappa shape index (κ2) is 6.93. The Balaban J connectivity index is 2.31. The molecule has 8 nitrogen and oxygen atoms in total. The molecule has 0 saturated heterocycles. The maximum absolute atomic E-state index is 13.1. The summed E-state index contributed by atoms with van der Waals surface area (Å²) in [6, 6.07) is 0.0565. The zero-order valence-electron chi connectivity index (χ0n) is 18.0. The Morgan fingerprint density at radius 1 is 1.28 bits per heavy atom. The van der Waals surface area contributed by atoms with E-state index in [1.165, 1.54) is 0 Å². The van der Waals surface area contributed by atoms with Crippen LogP contribution < -0.4 is 16.6 Å². The number of aromatic hydroxyl groups is 1. The molecule has 8 heteroatoms. The van der Waals surface area contributed by atoms with E-state index in [-0.39, 0.29) is 34.1 Å². The first-order valence-corrected chi connectivity index (χ1v) is 9.92. The van der Waals surface area contributed by atoms with Crippen LogP contribution in [0.25, 0.3) is 11.7 Å². The molecule has 2 aromatic rings. The van der Waals surface area contributed by atoms with Crippen LogP contribution in [0.1, 0.15) is 70.3 Å². The number of allylic oxidation sites excluding steroid dienone is 1. The van der Waals surface area contributed by atoms with Gasteiger partial charge in [0, 0.05) is 12.6 Å². The number of nitrogen functional groups attached to an aromatic ring is 1. The Labute approximate surface area is 170 Å². The van der Waals surface area contributed by atoms with Crippen molar-refractivity contribution in [3.8, 4) is 5.88 Å². The average molecular weight is 402 g/mol.